The SMILES string of the molecule is Cc1ccc(S(=O)(=O)NCCC(=O)NNC(=O)c2nn(C(C)C)c(=O)c3ccccc23)cc1C. The lowest BCUT2D eigenvalue weighted by Crippen LogP contribution is -2.43. The number of fused-ring (bicyclic) bond motifs is 1. The van der Waals surface area contributed by atoms with E-state index in [2.05, 4.69) is 20.7 Å². The third kappa shape index (κ3) is 5.49. The highest BCUT2D eigenvalue weighted by Crippen LogP contribution is 2.15. The third-order valence-electron chi connectivity index (χ3n) is 5.28. The van der Waals surface area contributed by atoms with Crippen LogP contribution in [0.15, 0.2) is 52.2 Å². The number of rotatable bonds is 7. The van der Waals surface area contributed by atoms with Crippen LogP contribution in [0.1, 0.15) is 47.9 Å². The summed E-state index contributed by atoms with van der Waals surface area (Å²) in [4.78, 5) is 37.6. The van der Waals surface area contributed by atoms with Crippen molar-refractivity contribution >= 4 is 32.6 Å². The van der Waals surface area contributed by atoms with Gasteiger partial charge < -0.3 is 0 Å². The molecule has 0 saturated heterocycles. The highest BCUT2D eigenvalue weighted by Gasteiger charge is 2.19. The molecule has 3 N–H and O–H groups in total. The molecule has 0 unspecified atom stereocenters. The highest BCUT2D eigenvalue weighted by atomic mass is 32.2. The van der Waals surface area contributed by atoms with E-state index >= 15 is 0 Å². The Morgan fingerprint density at radius 1 is 1.00 bits per heavy atom. The zero-order chi connectivity index (χ0) is 25.0. The average Bonchev–Trinajstić information content (AvgIpc) is 2.79. The quantitative estimate of drug-likeness (QED) is 0.436. The molecule has 1 heterocycles. The molecule has 0 atom stereocenters. The van der Waals surface area contributed by atoms with Gasteiger partial charge in [-0.15, -0.1) is 0 Å². The summed E-state index contributed by atoms with van der Waals surface area (Å²) in [6.07, 6.45) is -0.204. The summed E-state index contributed by atoms with van der Waals surface area (Å²) in [5.74, 6) is -1.30. The predicted molar refractivity (Wildman–Crippen MR) is 128 cm³/mol. The second-order valence-electron chi connectivity index (χ2n) is 8.13. The Morgan fingerprint density at radius 2 is 1.68 bits per heavy atom. The number of aromatic nitrogens is 2. The van der Waals surface area contributed by atoms with Crippen molar-refractivity contribution in [3.05, 3.63) is 69.6 Å². The van der Waals surface area contributed by atoms with Crippen molar-refractivity contribution in [1.82, 2.24) is 25.4 Å². The van der Waals surface area contributed by atoms with E-state index in [-0.39, 0.29) is 35.2 Å². The molecule has 3 aromatic rings. The normalized spacial score (nSPS) is 11.6. The Morgan fingerprint density at radius 3 is 2.32 bits per heavy atom. The first-order valence-corrected chi connectivity index (χ1v) is 12.2. The van der Waals surface area contributed by atoms with Crippen LogP contribution in [0.25, 0.3) is 10.8 Å². The zero-order valence-corrected chi connectivity index (χ0v) is 20.2. The highest BCUT2D eigenvalue weighted by molar-refractivity contribution is 7.89. The van der Waals surface area contributed by atoms with E-state index in [9.17, 15) is 22.8 Å². The molecular weight excluding hydrogens is 458 g/mol. The molecule has 0 radical (unpaired) electrons. The van der Waals surface area contributed by atoms with Crippen LogP contribution in [0, 0.1) is 13.8 Å². The molecule has 0 aliphatic rings. The molecule has 2 amide bonds. The topological polar surface area (TPSA) is 139 Å². The van der Waals surface area contributed by atoms with E-state index < -0.39 is 21.8 Å². The fraction of sp³-hybridized carbons (Fsp3) is 0.304. The largest absolute Gasteiger partial charge is 0.290 e. The van der Waals surface area contributed by atoms with E-state index in [1.54, 1.807) is 50.2 Å². The lowest BCUT2D eigenvalue weighted by atomic mass is 10.1. The summed E-state index contributed by atoms with van der Waals surface area (Å²) < 4.78 is 28.4. The first-order valence-electron chi connectivity index (χ1n) is 10.7. The van der Waals surface area contributed by atoms with Crippen LogP contribution in [-0.4, -0.2) is 36.6 Å². The zero-order valence-electron chi connectivity index (χ0n) is 19.4. The van der Waals surface area contributed by atoms with Crippen molar-refractivity contribution in [2.45, 2.75) is 45.1 Å². The summed E-state index contributed by atoms with van der Waals surface area (Å²) in [7, 11) is -3.77. The maximum atomic E-state index is 12.7. The van der Waals surface area contributed by atoms with Gasteiger partial charge in [-0.1, -0.05) is 24.3 Å². The summed E-state index contributed by atoms with van der Waals surface area (Å²) in [6.45, 7) is 7.08. The van der Waals surface area contributed by atoms with Gasteiger partial charge in [0.25, 0.3) is 11.5 Å². The Bertz CT molecular complexity index is 1410. The Kier molecular flexibility index (Phi) is 7.48. The standard InChI is InChI=1S/C23H27N5O5S/c1-14(2)28-23(31)19-8-6-5-7-18(19)21(27-28)22(30)26-25-20(29)11-12-24-34(32,33)17-10-9-15(3)16(4)13-17/h5-10,13-14,24H,11-12H2,1-4H3,(H,25,29)(H,26,30). The number of carbonyl (C=O) groups is 2. The average molecular weight is 486 g/mol. The minimum Gasteiger partial charge on any atom is -0.273 e. The number of nitrogens with zero attached hydrogens (tertiary/aromatic N) is 2. The van der Waals surface area contributed by atoms with Crippen LogP contribution in [0.3, 0.4) is 0 Å². The lowest BCUT2D eigenvalue weighted by molar-refractivity contribution is -0.121. The number of hydrogen-bond acceptors (Lipinski definition) is 6. The van der Waals surface area contributed by atoms with Crippen LogP contribution in [0.5, 0.6) is 0 Å². The summed E-state index contributed by atoms with van der Waals surface area (Å²) in [6, 6.07) is 11.1. The van der Waals surface area contributed by atoms with Crippen molar-refractivity contribution in [3.63, 3.8) is 0 Å². The van der Waals surface area contributed by atoms with Crippen molar-refractivity contribution in [1.29, 1.82) is 0 Å². The van der Waals surface area contributed by atoms with Crippen molar-refractivity contribution in [2.75, 3.05) is 6.54 Å². The van der Waals surface area contributed by atoms with Gasteiger partial charge in [0.2, 0.25) is 15.9 Å². The van der Waals surface area contributed by atoms with E-state index in [1.807, 2.05) is 13.8 Å². The second-order valence-corrected chi connectivity index (χ2v) is 9.90. The van der Waals surface area contributed by atoms with Gasteiger partial charge in [-0.3, -0.25) is 25.2 Å². The van der Waals surface area contributed by atoms with Gasteiger partial charge in [-0.05, 0) is 57.0 Å². The molecule has 0 spiro atoms. The van der Waals surface area contributed by atoms with Gasteiger partial charge in [0.1, 0.15) is 0 Å². The van der Waals surface area contributed by atoms with Crippen molar-refractivity contribution in [3.8, 4) is 0 Å². The molecule has 11 heteroatoms. The third-order valence-corrected chi connectivity index (χ3v) is 6.74. The summed E-state index contributed by atoms with van der Waals surface area (Å²) >= 11 is 0. The van der Waals surface area contributed by atoms with Crippen LogP contribution in [0.4, 0.5) is 0 Å². The molecule has 0 aliphatic heterocycles. The van der Waals surface area contributed by atoms with Gasteiger partial charge in [0, 0.05) is 18.4 Å². The number of amides is 2. The molecule has 0 saturated carbocycles. The van der Waals surface area contributed by atoms with Crippen molar-refractivity contribution < 1.29 is 18.0 Å². The lowest BCUT2D eigenvalue weighted by Gasteiger charge is -2.14. The number of hydrogen-bond donors (Lipinski definition) is 3. The maximum absolute atomic E-state index is 12.7. The molecule has 0 bridgehead atoms. The fourth-order valence-corrected chi connectivity index (χ4v) is 4.35. The number of aryl methyl sites for hydroxylation is 2. The van der Waals surface area contributed by atoms with Gasteiger partial charge in [-0.25, -0.2) is 17.8 Å². The molecule has 2 aromatic carbocycles. The molecule has 3 rings (SSSR count). The smallest absolute Gasteiger partial charge is 0.273 e. The van der Waals surface area contributed by atoms with Crippen LogP contribution >= 0.6 is 0 Å². The minimum absolute atomic E-state index is 0.0142. The first kappa shape index (κ1) is 25.1. The number of benzene rings is 2. The first-order chi connectivity index (χ1) is 16.0. The molecule has 0 aliphatic carbocycles. The number of sulfonamides is 1. The Hall–Kier alpha value is -3.57. The summed E-state index contributed by atoms with van der Waals surface area (Å²) in [5.41, 5.74) is 6.01. The predicted octanol–water partition coefficient (Wildman–Crippen LogP) is 1.72. The van der Waals surface area contributed by atoms with Gasteiger partial charge in [0.05, 0.1) is 16.3 Å². The molecule has 34 heavy (non-hydrogen) atoms. The number of hydrazine groups is 1. The monoisotopic (exact) mass is 485 g/mol. The van der Waals surface area contributed by atoms with E-state index in [4.69, 9.17) is 0 Å². The van der Waals surface area contributed by atoms with Gasteiger partial charge in [0.15, 0.2) is 5.69 Å². The van der Waals surface area contributed by atoms with E-state index in [1.165, 1.54) is 10.7 Å². The minimum atomic E-state index is -3.77. The van der Waals surface area contributed by atoms with Gasteiger partial charge >= 0.3 is 0 Å². The molecular formula is C23H27N5O5S. The summed E-state index contributed by atoms with van der Waals surface area (Å²) in [5, 5.41) is 4.86. The fourth-order valence-electron chi connectivity index (χ4n) is 3.24. The van der Waals surface area contributed by atoms with Crippen molar-refractivity contribution in [2.24, 2.45) is 0 Å². The number of carbonyl (C=O) groups excluding carboxylic acids is 2. The second kappa shape index (κ2) is 10.1. The maximum Gasteiger partial charge on any atom is 0.290 e. The molecule has 10 nitrogen and oxygen atoms in total. The molecule has 180 valence electrons. The van der Waals surface area contributed by atoms with Crippen LogP contribution in [0.2, 0.25) is 0 Å². The van der Waals surface area contributed by atoms with Crippen LogP contribution in [-0.2, 0) is 14.8 Å². The number of nitrogens with one attached hydrogen (secondary N) is 3. The Balaban J connectivity index is 1.63. The van der Waals surface area contributed by atoms with E-state index in [0.29, 0.717) is 10.8 Å². The van der Waals surface area contributed by atoms with Crippen LogP contribution < -0.4 is 21.1 Å². The van der Waals surface area contributed by atoms with E-state index in [0.717, 1.165) is 11.1 Å². The molecule has 0 fully saturated rings. The Labute approximate surface area is 197 Å². The molecule has 1 aromatic heterocycles. The van der Waals surface area contributed by atoms with Gasteiger partial charge in [-0.2, -0.15) is 5.10 Å².